The van der Waals surface area contributed by atoms with Crippen molar-refractivity contribution in [3.63, 3.8) is 0 Å². The van der Waals surface area contributed by atoms with Crippen LogP contribution >= 0.6 is 0 Å². The first-order chi connectivity index (χ1) is 15.1. The van der Waals surface area contributed by atoms with Crippen LogP contribution < -0.4 is 15.8 Å². The summed E-state index contributed by atoms with van der Waals surface area (Å²) in [6.45, 7) is 2.80. The SMILES string of the molecule is CCCc1cc(=O)n2nc(N3CCCC3C(=O)NC3(c4ccccc4)CC3)ccc2n1. The van der Waals surface area contributed by atoms with Crippen LogP contribution in [0.15, 0.2) is 53.3 Å². The van der Waals surface area contributed by atoms with Crippen molar-refractivity contribution in [1.82, 2.24) is 19.9 Å². The molecule has 1 aliphatic carbocycles. The Labute approximate surface area is 181 Å². The Hall–Kier alpha value is -3.22. The lowest BCUT2D eigenvalue weighted by Crippen LogP contribution is -2.47. The number of anilines is 1. The van der Waals surface area contributed by atoms with Gasteiger partial charge in [0.1, 0.15) is 11.9 Å². The van der Waals surface area contributed by atoms with E-state index in [4.69, 9.17) is 0 Å². The molecule has 1 saturated heterocycles. The predicted molar refractivity (Wildman–Crippen MR) is 119 cm³/mol. The molecule has 7 heteroatoms. The maximum Gasteiger partial charge on any atom is 0.274 e. The van der Waals surface area contributed by atoms with Gasteiger partial charge in [0.25, 0.3) is 5.56 Å². The van der Waals surface area contributed by atoms with E-state index in [1.54, 1.807) is 6.07 Å². The van der Waals surface area contributed by atoms with Crippen molar-refractivity contribution in [3.05, 3.63) is 70.1 Å². The van der Waals surface area contributed by atoms with E-state index in [-0.39, 0.29) is 23.0 Å². The highest BCUT2D eigenvalue weighted by Gasteiger charge is 2.47. The Balaban J connectivity index is 1.39. The van der Waals surface area contributed by atoms with E-state index in [1.165, 1.54) is 4.52 Å². The molecule has 1 N–H and O–H groups in total. The number of nitrogens with one attached hydrogen (secondary N) is 1. The van der Waals surface area contributed by atoms with Gasteiger partial charge in [0, 0.05) is 18.3 Å². The first-order valence-corrected chi connectivity index (χ1v) is 11.1. The molecule has 1 saturated carbocycles. The fraction of sp³-hybridized carbons (Fsp3) is 0.417. The van der Waals surface area contributed by atoms with E-state index in [9.17, 15) is 9.59 Å². The summed E-state index contributed by atoms with van der Waals surface area (Å²) in [5.41, 5.74) is 2.07. The van der Waals surface area contributed by atoms with E-state index >= 15 is 0 Å². The summed E-state index contributed by atoms with van der Waals surface area (Å²) in [7, 11) is 0. The van der Waals surface area contributed by atoms with Crippen LogP contribution in [0.3, 0.4) is 0 Å². The molecule has 0 bridgehead atoms. The number of hydrogen-bond donors (Lipinski definition) is 1. The standard InChI is InChI=1S/C24H27N5O2/c1-2-7-18-16-22(30)29-20(25-18)11-12-21(27-29)28-15-6-10-19(28)23(31)26-24(13-14-24)17-8-4-3-5-9-17/h3-5,8-9,11-12,16,19H,2,6-7,10,13-15H2,1H3,(H,26,31). The lowest BCUT2D eigenvalue weighted by Gasteiger charge is -2.27. The van der Waals surface area contributed by atoms with Crippen molar-refractivity contribution in [2.24, 2.45) is 0 Å². The van der Waals surface area contributed by atoms with Crippen LogP contribution in [0.5, 0.6) is 0 Å². The molecule has 1 unspecified atom stereocenters. The molecule has 3 aromatic rings. The molecule has 31 heavy (non-hydrogen) atoms. The molecular formula is C24H27N5O2. The largest absolute Gasteiger partial charge is 0.345 e. The second-order valence-corrected chi connectivity index (χ2v) is 8.59. The quantitative estimate of drug-likeness (QED) is 0.667. The second kappa shape index (κ2) is 7.80. The highest BCUT2D eigenvalue weighted by atomic mass is 16.2. The fourth-order valence-electron chi connectivity index (χ4n) is 4.57. The molecule has 2 aliphatic rings. The zero-order valence-corrected chi connectivity index (χ0v) is 17.8. The van der Waals surface area contributed by atoms with Gasteiger partial charge in [0.15, 0.2) is 5.65 Å². The Kier molecular flexibility index (Phi) is 4.96. The zero-order valence-electron chi connectivity index (χ0n) is 17.8. The summed E-state index contributed by atoms with van der Waals surface area (Å²) in [6, 6.07) is 15.1. The van der Waals surface area contributed by atoms with Gasteiger partial charge in [0.2, 0.25) is 5.91 Å². The number of aryl methyl sites for hydroxylation is 1. The van der Waals surface area contributed by atoms with E-state index in [1.807, 2.05) is 35.2 Å². The van der Waals surface area contributed by atoms with Crippen LogP contribution in [0.1, 0.15) is 50.3 Å². The molecule has 3 heterocycles. The van der Waals surface area contributed by atoms with Crippen LogP contribution in [0, 0.1) is 0 Å². The maximum absolute atomic E-state index is 13.2. The molecule has 2 fully saturated rings. The van der Waals surface area contributed by atoms with Crippen molar-refractivity contribution in [2.45, 2.75) is 57.0 Å². The predicted octanol–water partition coefficient (Wildman–Crippen LogP) is 2.82. The Morgan fingerprint density at radius 2 is 2.00 bits per heavy atom. The van der Waals surface area contributed by atoms with Crippen LogP contribution in [-0.2, 0) is 16.8 Å². The number of benzene rings is 1. The third kappa shape index (κ3) is 3.69. The molecule has 160 valence electrons. The summed E-state index contributed by atoms with van der Waals surface area (Å²) in [6.07, 6.45) is 5.32. The number of nitrogens with zero attached hydrogens (tertiary/aromatic N) is 4. The smallest absolute Gasteiger partial charge is 0.274 e. The molecular weight excluding hydrogens is 390 g/mol. The Bertz CT molecular complexity index is 1170. The Morgan fingerprint density at radius 3 is 2.74 bits per heavy atom. The van der Waals surface area contributed by atoms with Crippen molar-refractivity contribution in [3.8, 4) is 0 Å². The molecule has 7 nitrogen and oxygen atoms in total. The Morgan fingerprint density at radius 1 is 1.19 bits per heavy atom. The normalized spacial score (nSPS) is 19.5. The van der Waals surface area contributed by atoms with Gasteiger partial charge in [-0.05, 0) is 49.8 Å². The topological polar surface area (TPSA) is 79.6 Å². The van der Waals surface area contributed by atoms with Gasteiger partial charge in [-0.15, -0.1) is 5.10 Å². The summed E-state index contributed by atoms with van der Waals surface area (Å²) in [5, 5.41) is 7.85. The average molecular weight is 418 g/mol. The van der Waals surface area contributed by atoms with Crippen molar-refractivity contribution in [2.75, 3.05) is 11.4 Å². The highest BCUT2D eigenvalue weighted by Crippen LogP contribution is 2.45. The second-order valence-electron chi connectivity index (χ2n) is 8.59. The number of fused-ring (bicyclic) bond motifs is 1. The third-order valence-electron chi connectivity index (χ3n) is 6.35. The first kappa shape index (κ1) is 19.7. The van der Waals surface area contributed by atoms with Crippen molar-refractivity contribution >= 4 is 17.4 Å². The molecule has 2 aromatic heterocycles. The summed E-state index contributed by atoms with van der Waals surface area (Å²) >= 11 is 0. The van der Waals surface area contributed by atoms with Crippen LogP contribution in [0.2, 0.25) is 0 Å². The highest BCUT2D eigenvalue weighted by molar-refractivity contribution is 5.86. The van der Waals surface area contributed by atoms with E-state index in [0.29, 0.717) is 11.5 Å². The number of carbonyl (C=O) groups is 1. The third-order valence-corrected chi connectivity index (χ3v) is 6.35. The molecule has 1 atom stereocenters. The van der Waals surface area contributed by atoms with Gasteiger partial charge < -0.3 is 10.2 Å². The minimum absolute atomic E-state index is 0.0320. The summed E-state index contributed by atoms with van der Waals surface area (Å²) in [4.78, 5) is 32.4. The van der Waals surface area contributed by atoms with Crippen LogP contribution in [0.25, 0.3) is 5.65 Å². The molecule has 1 aliphatic heterocycles. The molecule has 0 radical (unpaired) electrons. The van der Waals surface area contributed by atoms with E-state index < -0.39 is 0 Å². The van der Waals surface area contributed by atoms with Gasteiger partial charge in [-0.2, -0.15) is 4.52 Å². The number of carbonyl (C=O) groups excluding carboxylic acids is 1. The number of hydrogen-bond acceptors (Lipinski definition) is 5. The minimum Gasteiger partial charge on any atom is -0.345 e. The van der Waals surface area contributed by atoms with Gasteiger partial charge in [-0.1, -0.05) is 43.7 Å². The fourth-order valence-corrected chi connectivity index (χ4v) is 4.57. The van der Waals surface area contributed by atoms with Gasteiger partial charge in [-0.25, -0.2) is 4.98 Å². The molecule has 0 spiro atoms. The van der Waals surface area contributed by atoms with E-state index in [2.05, 4.69) is 34.5 Å². The monoisotopic (exact) mass is 417 g/mol. The number of aromatic nitrogens is 3. The number of amides is 1. The number of rotatable bonds is 6. The van der Waals surface area contributed by atoms with Gasteiger partial charge in [0.05, 0.1) is 5.54 Å². The lowest BCUT2D eigenvalue weighted by atomic mass is 10.0. The van der Waals surface area contributed by atoms with Gasteiger partial charge in [-0.3, -0.25) is 9.59 Å². The maximum atomic E-state index is 13.2. The van der Waals surface area contributed by atoms with Gasteiger partial charge >= 0.3 is 0 Å². The van der Waals surface area contributed by atoms with Crippen LogP contribution in [0.4, 0.5) is 5.82 Å². The van der Waals surface area contributed by atoms with Crippen molar-refractivity contribution < 1.29 is 4.79 Å². The first-order valence-electron chi connectivity index (χ1n) is 11.1. The molecule has 1 aromatic carbocycles. The van der Waals surface area contributed by atoms with Crippen LogP contribution in [-0.4, -0.2) is 33.1 Å². The molecule has 5 rings (SSSR count). The zero-order chi connectivity index (χ0) is 21.4. The molecule has 1 amide bonds. The summed E-state index contributed by atoms with van der Waals surface area (Å²) in [5.74, 6) is 0.673. The summed E-state index contributed by atoms with van der Waals surface area (Å²) < 4.78 is 1.34. The van der Waals surface area contributed by atoms with E-state index in [0.717, 1.165) is 56.3 Å². The average Bonchev–Trinajstić information content (AvgIpc) is 3.39. The lowest BCUT2D eigenvalue weighted by molar-refractivity contribution is -0.123. The minimum atomic E-state index is -0.283. The van der Waals surface area contributed by atoms with Crippen molar-refractivity contribution in [1.29, 1.82) is 0 Å².